The lowest BCUT2D eigenvalue weighted by Gasteiger charge is -2.18. The fourth-order valence-electron chi connectivity index (χ4n) is 2.06. The summed E-state index contributed by atoms with van der Waals surface area (Å²) in [5.41, 5.74) is 7.06. The van der Waals surface area contributed by atoms with Crippen LogP contribution in [0.15, 0.2) is 17.5 Å². The Hall–Kier alpha value is -0.910. The Bertz CT molecular complexity index is 538. The average molecular weight is 310 g/mol. The summed E-state index contributed by atoms with van der Waals surface area (Å²) in [6.07, 6.45) is 1.07. The van der Waals surface area contributed by atoms with Gasteiger partial charge in [0.25, 0.3) is 0 Å². The number of rotatable bonds is 5. The van der Waals surface area contributed by atoms with E-state index >= 15 is 0 Å². The molecule has 0 aliphatic carbocycles. The number of nitrogens with zero attached hydrogens (tertiary/aromatic N) is 2. The van der Waals surface area contributed by atoms with Crippen molar-refractivity contribution in [3.8, 4) is 0 Å². The Kier molecular flexibility index (Phi) is 4.83. The molecule has 0 saturated carbocycles. The number of nitrogens with two attached hydrogens (primary N) is 1. The highest BCUT2D eigenvalue weighted by Gasteiger charge is 2.23. The third kappa shape index (κ3) is 3.59. The quantitative estimate of drug-likeness (QED) is 0.917. The zero-order chi connectivity index (χ0) is 14.8. The number of thiophene rings is 1. The SMILES string of the molecule is CN(CCc1cccs1)c1nc(C(C)(C)C)c(CN)s1. The lowest BCUT2D eigenvalue weighted by molar-refractivity contribution is 0.566. The average Bonchev–Trinajstić information content (AvgIpc) is 3.03. The van der Waals surface area contributed by atoms with Gasteiger partial charge in [-0.15, -0.1) is 22.7 Å². The molecular weight excluding hydrogens is 286 g/mol. The number of hydrogen-bond acceptors (Lipinski definition) is 5. The summed E-state index contributed by atoms with van der Waals surface area (Å²) in [5, 5.41) is 3.20. The van der Waals surface area contributed by atoms with Crippen LogP contribution in [0.3, 0.4) is 0 Å². The van der Waals surface area contributed by atoms with Crippen LogP contribution < -0.4 is 10.6 Å². The first-order valence-electron chi connectivity index (χ1n) is 6.85. The highest BCUT2D eigenvalue weighted by molar-refractivity contribution is 7.15. The van der Waals surface area contributed by atoms with Gasteiger partial charge in [-0.3, -0.25) is 0 Å². The van der Waals surface area contributed by atoms with Crippen molar-refractivity contribution < 1.29 is 0 Å². The van der Waals surface area contributed by atoms with Crippen molar-refractivity contribution >= 4 is 27.8 Å². The van der Waals surface area contributed by atoms with Gasteiger partial charge in [0.05, 0.1) is 5.69 Å². The lowest BCUT2D eigenvalue weighted by Crippen LogP contribution is -2.20. The first-order valence-corrected chi connectivity index (χ1v) is 8.55. The molecule has 0 spiro atoms. The molecule has 2 aromatic heterocycles. The second-order valence-electron chi connectivity index (χ2n) is 5.97. The molecule has 0 amide bonds. The van der Waals surface area contributed by atoms with Gasteiger partial charge in [-0.25, -0.2) is 4.98 Å². The second kappa shape index (κ2) is 6.24. The van der Waals surface area contributed by atoms with Crippen molar-refractivity contribution in [2.24, 2.45) is 5.73 Å². The van der Waals surface area contributed by atoms with E-state index in [0.717, 1.165) is 23.8 Å². The van der Waals surface area contributed by atoms with Crippen LogP contribution in [0.25, 0.3) is 0 Å². The van der Waals surface area contributed by atoms with E-state index in [-0.39, 0.29) is 5.41 Å². The number of thiazole rings is 1. The van der Waals surface area contributed by atoms with E-state index in [4.69, 9.17) is 10.7 Å². The van der Waals surface area contributed by atoms with Gasteiger partial charge in [0, 0.05) is 35.3 Å². The first-order chi connectivity index (χ1) is 9.41. The van der Waals surface area contributed by atoms with E-state index in [0.29, 0.717) is 6.54 Å². The molecule has 0 aromatic carbocycles. The predicted molar refractivity (Wildman–Crippen MR) is 90.0 cm³/mol. The molecule has 5 heteroatoms. The number of aromatic nitrogens is 1. The largest absolute Gasteiger partial charge is 0.351 e. The molecule has 2 aromatic rings. The summed E-state index contributed by atoms with van der Waals surface area (Å²) < 4.78 is 0. The van der Waals surface area contributed by atoms with Gasteiger partial charge < -0.3 is 10.6 Å². The van der Waals surface area contributed by atoms with Crippen LogP contribution in [0.2, 0.25) is 0 Å². The van der Waals surface area contributed by atoms with Gasteiger partial charge in [-0.1, -0.05) is 26.8 Å². The van der Waals surface area contributed by atoms with E-state index in [9.17, 15) is 0 Å². The molecule has 0 aliphatic rings. The molecule has 0 saturated heterocycles. The van der Waals surface area contributed by atoms with Crippen LogP contribution >= 0.6 is 22.7 Å². The number of hydrogen-bond donors (Lipinski definition) is 1. The zero-order valence-electron chi connectivity index (χ0n) is 12.6. The van der Waals surface area contributed by atoms with Crippen LogP contribution in [-0.4, -0.2) is 18.6 Å². The number of anilines is 1. The van der Waals surface area contributed by atoms with Gasteiger partial charge in [-0.05, 0) is 17.9 Å². The molecule has 0 bridgehead atoms. The highest BCUT2D eigenvalue weighted by atomic mass is 32.1. The molecule has 0 radical (unpaired) electrons. The maximum Gasteiger partial charge on any atom is 0.185 e. The van der Waals surface area contributed by atoms with Gasteiger partial charge in [0.2, 0.25) is 0 Å². The maximum absolute atomic E-state index is 5.87. The standard InChI is InChI=1S/C15H23N3S2/c1-15(2,3)13-12(10-16)20-14(17-13)18(4)8-7-11-6-5-9-19-11/h5-6,9H,7-8,10,16H2,1-4H3. The van der Waals surface area contributed by atoms with E-state index in [1.807, 2.05) is 11.3 Å². The van der Waals surface area contributed by atoms with E-state index < -0.39 is 0 Å². The van der Waals surface area contributed by atoms with Gasteiger partial charge >= 0.3 is 0 Å². The van der Waals surface area contributed by atoms with E-state index in [2.05, 4.69) is 50.2 Å². The third-order valence-corrected chi connectivity index (χ3v) is 5.31. The summed E-state index contributed by atoms with van der Waals surface area (Å²) in [4.78, 5) is 9.68. The molecule has 2 heterocycles. The Morgan fingerprint density at radius 2 is 2.10 bits per heavy atom. The van der Waals surface area contributed by atoms with Crippen molar-refractivity contribution in [3.05, 3.63) is 33.0 Å². The molecule has 2 N–H and O–H groups in total. The zero-order valence-corrected chi connectivity index (χ0v) is 14.3. The first kappa shape index (κ1) is 15.5. The third-order valence-electron chi connectivity index (χ3n) is 3.18. The monoisotopic (exact) mass is 309 g/mol. The van der Waals surface area contributed by atoms with Crippen LogP contribution in [-0.2, 0) is 18.4 Å². The van der Waals surface area contributed by atoms with Gasteiger partial charge in [0.15, 0.2) is 5.13 Å². The van der Waals surface area contributed by atoms with Crippen molar-refractivity contribution in [2.75, 3.05) is 18.5 Å². The minimum absolute atomic E-state index is 0.0536. The van der Waals surface area contributed by atoms with Gasteiger partial charge in [-0.2, -0.15) is 0 Å². The van der Waals surface area contributed by atoms with Crippen molar-refractivity contribution in [2.45, 2.75) is 39.2 Å². The minimum Gasteiger partial charge on any atom is -0.351 e. The topological polar surface area (TPSA) is 42.2 Å². The van der Waals surface area contributed by atoms with E-state index in [1.54, 1.807) is 11.3 Å². The molecule has 0 atom stereocenters. The van der Waals surface area contributed by atoms with Gasteiger partial charge in [0.1, 0.15) is 0 Å². The molecule has 0 unspecified atom stereocenters. The second-order valence-corrected chi connectivity index (χ2v) is 8.07. The summed E-state index contributed by atoms with van der Waals surface area (Å²) in [6.45, 7) is 8.13. The number of likely N-dealkylation sites (N-methyl/N-ethyl adjacent to an activating group) is 1. The smallest absolute Gasteiger partial charge is 0.185 e. The molecule has 3 nitrogen and oxygen atoms in total. The molecule has 0 fully saturated rings. The van der Waals surface area contributed by atoms with Crippen LogP contribution in [0.5, 0.6) is 0 Å². The molecular formula is C15H23N3S2. The Labute approximate surface area is 129 Å². The fraction of sp³-hybridized carbons (Fsp3) is 0.533. The highest BCUT2D eigenvalue weighted by Crippen LogP contribution is 2.33. The maximum atomic E-state index is 5.87. The Balaban J connectivity index is 2.10. The summed E-state index contributed by atoms with van der Waals surface area (Å²) in [7, 11) is 2.11. The molecule has 2 rings (SSSR count). The lowest BCUT2D eigenvalue weighted by atomic mass is 9.91. The van der Waals surface area contributed by atoms with Crippen LogP contribution in [0, 0.1) is 0 Å². The van der Waals surface area contributed by atoms with Crippen LogP contribution in [0.4, 0.5) is 5.13 Å². The minimum atomic E-state index is 0.0536. The molecule has 20 heavy (non-hydrogen) atoms. The summed E-state index contributed by atoms with van der Waals surface area (Å²) in [6, 6.07) is 4.29. The summed E-state index contributed by atoms with van der Waals surface area (Å²) >= 11 is 3.54. The fourth-order valence-corrected chi connectivity index (χ4v) is 3.89. The Morgan fingerprint density at radius 3 is 2.60 bits per heavy atom. The van der Waals surface area contributed by atoms with Crippen molar-refractivity contribution in [3.63, 3.8) is 0 Å². The molecule has 0 aliphatic heterocycles. The van der Waals surface area contributed by atoms with Crippen molar-refractivity contribution in [1.29, 1.82) is 0 Å². The van der Waals surface area contributed by atoms with Crippen molar-refractivity contribution in [1.82, 2.24) is 4.98 Å². The van der Waals surface area contributed by atoms with Crippen LogP contribution in [0.1, 0.15) is 36.2 Å². The van der Waals surface area contributed by atoms with E-state index in [1.165, 1.54) is 9.75 Å². The molecule has 110 valence electrons. The Morgan fingerprint density at radius 1 is 1.35 bits per heavy atom. The summed E-state index contributed by atoms with van der Waals surface area (Å²) in [5.74, 6) is 0. The normalized spacial score (nSPS) is 11.8. The predicted octanol–water partition coefficient (Wildman–Crippen LogP) is 3.64.